The SMILES string of the molecule is CC(=O)NC(COc1c(Br)cc(Cl)cc1[N+](=O)[O-])C(=O)O. The minimum absolute atomic E-state index is 0.123. The molecule has 1 atom stereocenters. The molecule has 0 aliphatic heterocycles. The van der Waals surface area contributed by atoms with Crippen LogP contribution in [0.15, 0.2) is 16.6 Å². The molecule has 1 aromatic rings. The highest BCUT2D eigenvalue weighted by Crippen LogP contribution is 2.37. The Morgan fingerprint density at radius 2 is 2.19 bits per heavy atom. The highest BCUT2D eigenvalue weighted by molar-refractivity contribution is 9.10. The van der Waals surface area contributed by atoms with Crippen molar-refractivity contribution in [1.82, 2.24) is 5.32 Å². The van der Waals surface area contributed by atoms with Crippen molar-refractivity contribution in [3.05, 3.63) is 31.7 Å². The number of benzene rings is 1. The van der Waals surface area contributed by atoms with Gasteiger partial charge in [-0.25, -0.2) is 4.79 Å². The predicted octanol–water partition coefficient (Wildman–Crippen LogP) is 1.98. The highest BCUT2D eigenvalue weighted by atomic mass is 79.9. The maximum atomic E-state index is 11.0. The molecule has 0 fully saturated rings. The van der Waals surface area contributed by atoms with Gasteiger partial charge < -0.3 is 15.2 Å². The molecule has 0 aliphatic rings. The summed E-state index contributed by atoms with van der Waals surface area (Å²) in [4.78, 5) is 32.1. The van der Waals surface area contributed by atoms with Gasteiger partial charge in [-0.15, -0.1) is 0 Å². The Kier molecular flexibility index (Phi) is 5.91. The van der Waals surface area contributed by atoms with Gasteiger partial charge in [0.25, 0.3) is 0 Å². The van der Waals surface area contributed by atoms with Gasteiger partial charge in [0, 0.05) is 18.0 Å². The summed E-state index contributed by atoms with van der Waals surface area (Å²) < 4.78 is 5.37. The van der Waals surface area contributed by atoms with Crippen LogP contribution in [-0.2, 0) is 9.59 Å². The zero-order chi connectivity index (χ0) is 16.2. The number of carbonyl (C=O) groups excluding carboxylic acids is 1. The molecule has 1 rings (SSSR count). The first kappa shape index (κ1) is 17.2. The Balaban J connectivity index is 2.99. The van der Waals surface area contributed by atoms with Gasteiger partial charge in [-0.2, -0.15) is 0 Å². The molecule has 0 aliphatic carbocycles. The van der Waals surface area contributed by atoms with Gasteiger partial charge >= 0.3 is 11.7 Å². The van der Waals surface area contributed by atoms with Gasteiger partial charge in [0.2, 0.25) is 11.7 Å². The standard InChI is InChI=1S/C11H10BrClN2O6/c1-5(16)14-8(11(17)18)4-21-10-7(12)2-6(13)3-9(10)15(19)20/h2-3,8H,4H2,1H3,(H,14,16)(H,17,18). The number of halogens is 2. The number of ether oxygens (including phenoxy) is 1. The molecule has 8 nitrogen and oxygen atoms in total. The predicted molar refractivity (Wildman–Crippen MR) is 76.5 cm³/mol. The van der Waals surface area contributed by atoms with E-state index in [1.54, 1.807) is 0 Å². The van der Waals surface area contributed by atoms with Crippen LogP contribution in [0.4, 0.5) is 5.69 Å². The molecule has 10 heteroatoms. The number of aliphatic carboxylic acids is 1. The third-order valence-corrected chi connectivity index (χ3v) is 3.06. The highest BCUT2D eigenvalue weighted by Gasteiger charge is 2.24. The number of hydrogen-bond acceptors (Lipinski definition) is 5. The van der Waals surface area contributed by atoms with Crippen molar-refractivity contribution in [2.45, 2.75) is 13.0 Å². The second-order valence-corrected chi connectivity index (χ2v) is 5.19. The van der Waals surface area contributed by atoms with Crippen molar-refractivity contribution in [3.8, 4) is 5.75 Å². The second-order valence-electron chi connectivity index (χ2n) is 3.90. The van der Waals surface area contributed by atoms with Crippen LogP contribution in [-0.4, -0.2) is 34.6 Å². The van der Waals surface area contributed by atoms with Crippen LogP contribution in [0.5, 0.6) is 5.75 Å². The molecule has 0 aromatic heterocycles. The summed E-state index contributed by atoms with van der Waals surface area (Å²) in [5.41, 5.74) is -0.415. The van der Waals surface area contributed by atoms with Crippen LogP contribution in [0.3, 0.4) is 0 Å². The summed E-state index contributed by atoms with van der Waals surface area (Å²) in [5, 5.41) is 22.2. The minimum atomic E-state index is -1.33. The van der Waals surface area contributed by atoms with E-state index in [0.29, 0.717) is 0 Å². The number of nitro benzene ring substituents is 1. The quantitative estimate of drug-likeness (QED) is 0.574. The number of carboxylic acid groups (broad SMARTS) is 1. The van der Waals surface area contributed by atoms with E-state index in [0.717, 1.165) is 13.0 Å². The zero-order valence-electron chi connectivity index (χ0n) is 10.6. The number of carbonyl (C=O) groups is 2. The van der Waals surface area contributed by atoms with Gasteiger partial charge in [-0.3, -0.25) is 14.9 Å². The maximum absolute atomic E-state index is 11.0. The number of amides is 1. The fraction of sp³-hybridized carbons (Fsp3) is 0.273. The van der Waals surface area contributed by atoms with Crippen molar-refractivity contribution in [1.29, 1.82) is 0 Å². The molecule has 1 unspecified atom stereocenters. The maximum Gasteiger partial charge on any atom is 0.329 e. The summed E-state index contributed by atoms with van der Waals surface area (Å²) in [6, 6.07) is 1.12. The lowest BCUT2D eigenvalue weighted by atomic mass is 10.3. The third kappa shape index (κ3) is 4.87. The van der Waals surface area contributed by atoms with Crippen molar-refractivity contribution < 1.29 is 24.4 Å². The summed E-state index contributed by atoms with van der Waals surface area (Å²) in [7, 11) is 0. The van der Waals surface area contributed by atoms with Gasteiger partial charge in [0.15, 0.2) is 6.04 Å². The lowest BCUT2D eigenvalue weighted by Gasteiger charge is -2.15. The van der Waals surface area contributed by atoms with Gasteiger partial charge in [-0.1, -0.05) is 11.6 Å². The van der Waals surface area contributed by atoms with Crippen molar-refractivity contribution in [2.24, 2.45) is 0 Å². The van der Waals surface area contributed by atoms with Crippen LogP contribution < -0.4 is 10.1 Å². The van der Waals surface area contributed by atoms with E-state index >= 15 is 0 Å². The molecule has 0 radical (unpaired) electrons. The Morgan fingerprint density at radius 3 is 2.67 bits per heavy atom. The Bertz CT molecular complexity index is 594. The molecule has 2 N–H and O–H groups in total. The molecule has 0 spiro atoms. The van der Waals surface area contributed by atoms with Crippen LogP contribution in [0.2, 0.25) is 5.02 Å². The molecule has 0 saturated carbocycles. The Labute approximate surface area is 132 Å². The van der Waals surface area contributed by atoms with Crippen molar-refractivity contribution in [2.75, 3.05) is 6.61 Å². The summed E-state index contributed by atoms with van der Waals surface area (Å²) >= 11 is 8.76. The number of nitro groups is 1. The average molecular weight is 382 g/mol. The Hall–Kier alpha value is -1.87. The molecule has 1 amide bonds. The molecule has 114 valence electrons. The third-order valence-electron chi connectivity index (χ3n) is 2.26. The van der Waals surface area contributed by atoms with Crippen LogP contribution >= 0.6 is 27.5 Å². The van der Waals surface area contributed by atoms with E-state index in [9.17, 15) is 19.7 Å². The second kappa shape index (κ2) is 7.23. The monoisotopic (exact) mass is 380 g/mol. The lowest BCUT2D eigenvalue weighted by Crippen LogP contribution is -2.43. The molecular weight excluding hydrogens is 371 g/mol. The van der Waals surface area contributed by atoms with E-state index in [1.807, 2.05) is 0 Å². The van der Waals surface area contributed by atoms with Crippen LogP contribution in [0.25, 0.3) is 0 Å². The fourth-order valence-corrected chi connectivity index (χ4v) is 2.32. The van der Waals surface area contributed by atoms with E-state index in [4.69, 9.17) is 21.4 Å². The lowest BCUT2D eigenvalue weighted by molar-refractivity contribution is -0.386. The molecular formula is C11H10BrClN2O6. The van der Waals surface area contributed by atoms with E-state index < -0.39 is 35.1 Å². The molecule has 21 heavy (non-hydrogen) atoms. The largest absolute Gasteiger partial charge is 0.483 e. The fourth-order valence-electron chi connectivity index (χ4n) is 1.41. The summed E-state index contributed by atoms with van der Waals surface area (Å²) in [5.74, 6) is -2.05. The number of rotatable bonds is 6. The first-order chi connectivity index (χ1) is 9.72. The molecule has 0 bridgehead atoms. The van der Waals surface area contributed by atoms with Gasteiger partial charge in [-0.05, 0) is 22.0 Å². The number of carboxylic acids is 1. The number of hydrogen-bond donors (Lipinski definition) is 2. The first-order valence-electron chi connectivity index (χ1n) is 5.48. The van der Waals surface area contributed by atoms with E-state index in [1.165, 1.54) is 6.07 Å². The molecule has 0 saturated heterocycles. The zero-order valence-corrected chi connectivity index (χ0v) is 13.0. The van der Waals surface area contributed by atoms with Crippen molar-refractivity contribution in [3.63, 3.8) is 0 Å². The topological polar surface area (TPSA) is 119 Å². The minimum Gasteiger partial charge on any atom is -0.483 e. The number of nitrogens with zero attached hydrogens (tertiary/aromatic N) is 1. The summed E-state index contributed by atoms with van der Waals surface area (Å²) in [6.45, 7) is 0.673. The van der Waals surface area contributed by atoms with Crippen LogP contribution in [0, 0.1) is 10.1 Å². The number of nitrogens with one attached hydrogen (secondary N) is 1. The normalized spacial score (nSPS) is 11.6. The first-order valence-corrected chi connectivity index (χ1v) is 6.65. The van der Waals surface area contributed by atoms with Gasteiger partial charge in [0.1, 0.15) is 6.61 Å². The van der Waals surface area contributed by atoms with E-state index in [2.05, 4.69) is 21.2 Å². The van der Waals surface area contributed by atoms with Gasteiger partial charge in [0.05, 0.1) is 9.40 Å². The van der Waals surface area contributed by atoms with E-state index in [-0.39, 0.29) is 15.2 Å². The van der Waals surface area contributed by atoms with Crippen molar-refractivity contribution >= 4 is 45.1 Å². The molecule has 1 aromatic carbocycles. The van der Waals surface area contributed by atoms with Crippen LogP contribution in [0.1, 0.15) is 6.92 Å². The summed E-state index contributed by atoms with van der Waals surface area (Å²) in [6.07, 6.45) is 0. The smallest absolute Gasteiger partial charge is 0.329 e. The average Bonchev–Trinajstić information content (AvgIpc) is 2.34. The molecule has 0 heterocycles. The Morgan fingerprint density at radius 1 is 1.57 bits per heavy atom.